The fourth-order valence-corrected chi connectivity index (χ4v) is 2.37. The first kappa shape index (κ1) is 11.1. The monoisotopic (exact) mass is 239 g/mol. The number of aromatic nitrogens is 3. The molecule has 1 aliphatic rings. The van der Waals surface area contributed by atoms with Crippen molar-refractivity contribution in [2.24, 2.45) is 0 Å². The first-order valence-corrected chi connectivity index (χ1v) is 6.35. The van der Waals surface area contributed by atoms with Crippen molar-refractivity contribution >= 4 is 5.69 Å². The summed E-state index contributed by atoms with van der Waals surface area (Å²) in [4.78, 5) is 6.49. The largest absolute Gasteiger partial charge is 0.371 e. The average Bonchev–Trinajstić information content (AvgIpc) is 2.49. The van der Waals surface area contributed by atoms with Crippen molar-refractivity contribution in [1.82, 2.24) is 15.2 Å². The second-order valence-corrected chi connectivity index (χ2v) is 4.47. The number of hydrogen-bond acceptors (Lipinski definition) is 4. The predicted molar refractivity (Wildman–Crippen MR) is 70.2 cm³/mol. The second kappa shape index (κ2) is 5.12. The van der Waals surface area contributed by atoms with Gasteiger partial charge in [0.2, 0.25) is 0 Å². The summed E-state index contributed by atoms with van der Waals surface area (Å²) >= 11 is 0. The van der Waals surface area contributed by atoms with Gasteiger partial charge in [-0.15, -0.1) is 0 Å². The summed E-state index contributed by atoms with van der Waals surface area (Å²) in [5, 5.41) is 8.09. The lowest BCUT2D eigenvalue weighted by Crippen LogP contribution is -2.29. The molecule has 4 nitrogen and oxygen atoms in total. The van der Waals surface area contributed by atoms with Gasteiger partial charge in [0.25, 0.3) is 0 Å². The van der Waals surface area contributed by atoms with Crippen molar-refractivity contribution in [3.05, 3.63) is 36.8 Å². The molecule has 2 aromatic rings. The zero-order valence-corrected chi connectivity index (χ0v) is 10.2. The van der Waals surface area contributed by atoms with Crippen LogP contribution in [-0.4, -0.2) is 28.3 Å². The van der Waals surface area contributed by atoms with Crippen molar-refractivity contribution in [1.29, 1.82) is 0 Å². The Morgan fingerprint density at radius 2 is 1.94 bits per heavy atom. The van der Waals surface area contributed by atoms with Gasteiger partial charge in [-0.05, 0) is 37.5 Å². The molecule has 0 unspecified atom stereocenters. The summed E-state index contributed by atoms with van der Waals surface area (Å²) in [6.45, 7) is 2.20. The normalized spacial score (nSPS) is 15.7. The van der Waals surface area contributed by atoms with Crippen LogP contribution in [0.4, 0.5) is 5.69 Å². The highest BCUT2D eigenvalue weighted by Gasteiger charge is 2.16. The molecule has 0 aromatic carbocycles. The molecular formula is C14H15N4. The summed E-state index contributed by atoms with van der Waals surface area (Å²) in [5.41, 5.74) is 2.96. The van der Waals surface area contributed by atoms with E-state index in [0.29, 0.717) is 0 Å². The first-order chi connectivity index (χ1) is 8.95. The zero-order chi connectivity index (χ0) is 12.2. The highest BCUT2D eigenvalue weighted by Crippen LogP contribution is 2.29. The summed E-state index contributed by atoms with van der Waals surface area (Å²) < 4.78 is 0. The Kier molecular flexibility index (Phi) is 3.17. The Hall–Kier alpha value is -1.97. The summed E-state index contributed by atoms with van der Waals surface area (Å²) in [5.74, 6) is 0. The van der Waals surface area contributed by atoms with Gasteiger partial charge in [0, 0.05) is 25.5 Å². The van der Waals surface area contributed by atoms with Crippen LogP contribution in [0.3, 0.4) is 0 Å². The number of piperidine rings is 1. The van der Waals surface area contributed by atoms with Crippen LogP contribution >= 0.6 is 0 Å². The fourth-order valence-electron chi connectivity index (χ4n) is 2.37. The van der Waals surface area contributed by atoms with Gasteiger partial charge >= 0.3 is 0 Å². The second-order valence-electron chi connectivity index (χ2n) is 4.47. The van der Waals surface area contributed by atoms with E-state index < -0.39 is 0 Å². The lowest BCUT2D eigenvalue weighted by atomic mass is 10.1. The molecule has 0 atom stereocenters. The molecule has 0 spiro atoms. The van der Waals surface area contributed by atoms with Crippen LogP contribution in [0.1, 0.15) is 19.3 Å². The highest BCUT2D eigenvalue weighted by atomic mass is 15.1. The van der Waals surface area contributed by atoms with E-state index in [2.05, 4.69) is 26.3 Å². The Labute approximate surface area is 107 Å². The number of rotatable bonds is 2. The van der Waals surface area contributed by atoms with E-state index in [1.54, 1.807) is 12.4 Å². The molecule has 1 fully saturated rings. The van der Waals surface area contributed by atoms with Crippen molar-refractivity contribution < 1.29 is 0 Å². The Morgan fingerprint density at radius 1 is 1.06 bits per heavy atom. The topological polar surface area (TPSA) is 41.9 Å². The molecule has 1 aliphatic heterocycles. The molecule has 1 saturated heterocycles. The maximum Gasteiger partial charge on any atom is 0.101 e. The lowest BCUT2D eigenvalue weighted by molar-refractivity contribution is 0.578. The number of anilines is 1. The summed E-state index contributed by atoms with van der Waals surface area (Å²) in [7, 11) is 0. The maximum atomic E-state index is 4.16. The van der Waals surface area contributed by atoms with E-state index in [1.165, 1.54) is 24.9 Å². The maximum absolute atomic E-state index is 4.16. The van der Waals surface area contributed by atoms with Gasteiger partial charge < -0.3 is 4.90 Å². The van der Waals surface area contributed by atoms with Crippen molar-refractivity contribution in [3.63, 3.8) is 0 Å². The van der Waals surface area contributed by atoms with E-state index in [9.17, 15) is 0 Å². The summed E-state index contributed by atoms with van der Waals surface area (Å²) in [6, 6.07) is 5.89. The van der Waals surface area contributed by atoms with E-state index in [4.69, 9.17) is 0 Å². The Balaban J connectivity index is 1.99. The van der Waals surface area contributed by atoms with Crippen LogP contribution in [0.15, 0.2) is 30.6 Å². The molecule has 0 saturated carbocycles. The van der Waals surface area contributed by atoms with Crippen molar-refractivity contribution in [2.75, 3.05) is 18.0 Å². The third-order valence-corrected chi connectivity index (χ3v) is 3.26. The van der Waals surface area contributed by atoms with Gasteiger partial charge in [-0.2, -0.15) is 10.2 Å². The molecular weight excluding hydrogens is 224 g/mol. The Morgan fingerprint density at radius 3 is 2.72 bits per heavy atom. The van der Waals surface area contributed by atoms with Gasteiger partial charge in [0.05, 0.1) is 16.9 Å². The third-order valence-electron chi connectivity index (χ3n) is 3.26. The molecule has 0 amide bonds. The molecule has 0 bridgehead atoms. The number of pyridine rings is 1. The van der Waals surface area contributed by atoms with Crippen molar-refractivity contribution in [3.8, 4) is 11.3 Å². The van der Waals surface area contributed by atoms with Gasteiger partial charge in [-0.25, -0.2) is 0 Å². The van der Waals surface area contributed by atoms with Crippen LogP contribution < -0.4 is 4.90 Å². The minimum Gasteiger partial charge on any atom is -0.371 e. The molecule has 4 heteroatoms. The number of nitrogens with zero attached hydrogens (tertiary/aromatic N) is 4. The number of hydrogen-bond donors (Lipinski definition) is 0. The quantitative estimate of drug-likeness (QED) is 0.806. The predicted octanol–water partition coefficient (Wildman–Crippen LogP) is 2.33. The van der Waals surface area contributed by atoms with Crippen LogP contribution in [0, 0.1) is 6.20 Å². The molecule has 3 heterocycles. The SMILES string of the molecule is [c]1nccc(N2CCCCC2)c1-c1cccnn1. The van der Waals surface area contributed by atoms with Crippen LogP contribution in [-0.2, 0) is 0 Å². The third kappa shape index (κ3) is 2.18. The minimum absolute atomic E-state index is 0.839. The first-order valence-electron chi connectivity index (χ1n) is 6.35. The van der Waals surface area contributed by atoms with Crippen LogP contribution in [0.5, 0.6) is 0 Å². The van der Waals surface area contributed by atoms with E-state index in [1.807, 2.05) is 18.2 Å². The van der Waals surface area contributed by atoms with Crippen molar-refractivity contribution in [2.45, 2.75) is 19.3 Å². The van der Waals surface area contributed by atoms with Gasteiger partial charge in [-0.1, -0.05) is 0 Å². The van der Waals surface area contributed by atoms with Crippen LogP contribution in [0.2, 0.25) is 0 Å². The van der Waals surface area contributed by atoms with Gasteiger partial charge in [-0.3, -0.25) is 4.98 Å². The Bertz CT molecular complexity index is 506. The smallest absolute Gasteiger partial charge is 0.101 e. The highest BCUT2D eigenvalue weighted by molar-refractivity contribution is 5.74. The van der Waals surface area contributed by atoms with Gasteiger partial charge in [0.15, 0.2) is 0 Å². The minimum atomic E-state index is 0.839. The standard InChI is InChI=1S/C14H15N4/c1-2-9-18(10-3-1)14-6-8-15-11-12(14)13-5-4-7-16-17-13/h4-8H,1-3,9-10H2. The summed E-state index contributed by atoms with van der Waals surface area (Å²) in [6.07, 6.45) is 10.4. The average molecular weight is 239 g/mol. The molecule has 1 radical (unpaired) electrons. The zero-order valence-electron chi connectivity index (χ0n) is 10.2. The van der Waals surface area contributed by atoms with E-state index in [0.717, 1.165) is 24.3 Å². The molecule has 0 N–H and O–H groups in total. The molecule has 18 heavy (non-hydrogen) atoms. The van der Waals surface area contributed by atoms with E-state index >= 15 is 0 Å². The molecule has 91 valence electrons. The molecule has 3 rings (SSSR count). The molecule has 0 aliphatic carbocycles. The molecule has 2 aromatic heterocycles. The van der Waals surface area contributed by atoms with Gasteiger partial charge in [0.1, 0.15) is 6.20 Å². The fraction of sp³-hybridized carbons (Fsp3) is 0.357. The van der Waals surface area contributed by atoms with Crippen LogP contribution in [0.25, 0.3) is 11.3 Å². The van der Waals surface area contributed by atoms with E-state index in [-0.39, 0.29) is 0 Å². The lowest BCUT2D eigenvalue weighted by Gasteiger charge is -2.30.